The van der Waals surface area contributed by atoms with Gasteiger partial charge in [0.15, 0.2) is 0 Å². The zero-order valence-electron chi connectivity index (χ0n) is 7.78. The third kappa shape index (κ3) is 2.43. The maximum atomic E-state index is 12.3. The third-order valence-corrected chi connectivity index (χ3v) is 2.09. The minimum absolute atomic E-state index is 0.0446. The largest absolute Gasteiger partial charge is 0.508 e. The molecule has 0 aliphatic heterocycles. The molecular formula is C10H14FNO2. The first-order valence-corrected chi connectivity index (χ1v) is 4.43. The number of alkyl halides is 1. The molecule has 0 fully saturated rings. The van der Waals surface area contributed by atoms with E-state index in [1.54, 1.807) is 0 Å². The van der Waals surface area contributed by atoms with Gasteiger partial charge >= 0.3 is 0 Å². The van der Waals surface area contributed by atoms with Gasteiger partial charge in [0.25, 0.3) is 0 Å². The number of aliphatic hydroxyl groups is 1. The Kier molecular flexibility index (Phi) is 3.85. The average molecular weight is 199 g/mol. The van der Waals surface area contributed by atoms with Crippen molar-refractivity contribution in [1.82, 2.24) is 0 Å². The minimum Gasteiger partial charge on any atom is -0.508 e. The van der Waals surface area contributed by atoms with Crippen molar-refractivity contribution < 1.29 is 14.6 Å². The Morgan fingerprint density at radius 1 is 1.43 bits per heavy atom. The van der Waals surface area contributed by atoms with E-state index < -0.39 is 12.7 Å². The molecule has 1 aromatic carbocycles. The van der Waals surface area contributed by atoms with E-state index in [0.29, 0.717) is 17.5 Å². The SMILES string of the molecule is NC(CCO)c1cc(CF)ccc1O. The van der Waals surface area contributed by atoms with Crippen molar-refractivity contribution in [2.75, 3.05) is 6.61 Å². The van der Waals surface area contributed by atoms with Gasteiger partial charge in [-0.3, -0.25) is 0 Å². The van der Waals surface area contributed by atoms with Crippen molar-refractivity contribution >= 4 is 0 Å². The highest BCUT2D eigenvalue weighted by Crippen LogP contribution is 2.25. The predicted molar refractivity (Wildman–Crippen MR) is 51.6 cm³/mol. The molecule has 0 spiro atoms. The zero-order chi connectivity index (χ0) is 10.6. The number of hydrogen-bond donors (Lipinski definition) is 3. The Morgan fingerprint density at radius 3 is 2.71 bits per heavy atom. The Morgan fingerprint density at radius 2 is 2.14 bits per heavy atom. The molecule has 0 radical (unpaired) electrons. The fourth-order valence-corrected chi connectivity index (χ4v) is 1.28. The molecule has 0 amide bonds. The molecule has 3 nitrogen and oxygen atoms in total. The van der Waals surface area contributed by atoms with Crippen LogP contribution in [0.15, 0.2) is 18.2 Å². The van der Waals surface area contributed by atoms with Crippen LogP contribution in [0.5, 0.6) is 5.75 Å². The summed E-state index contributed by atoms with van der Waals surface area (Å²) in [6.45, 7) is -0.639. The normalized spacial score (nSPS) is 12.8. The molecule has 4 N–H and O–H groups in total. The number of benzene rings is 1. The first-order valence-electron chi connectivity index (χ1n) is 4.43. The second-order valence-corrected chi connectivity index (χ2v) is 3.15. The predicted octanol–water partition coefficient (Wildman–Crippen LogP) is 1.24. The minimum atomic E-state index is -0.584. The van der Waals surface area contributed by atoms with Crippen LogP contribution in [0, 0.1) is 0 Å². The Labute approximate surface area is 82.0 Å². The number of phenolic OH excluding ortho intramolecular Hbond substituents is 1. The Balaban J connectivity index is 2.93. The summed E-state index contributed by atoms with van der Waals surface area (Å²) in [7, 11) is 0. The summed E-state index contributed by atoms with van der Waals surface area (Å²) in [5.74, 6) is 0.0446. The summed E-state index contributed by atoms with van der Waals surface area (Å²) in [5.41, 5.74) is 6.65. The summed E-state index contributed by atoms with van der Waals surface area (Å²) < 4.78 is 12.3. The number of nitrogens with two attached hydrogens (primary N) is 1. The van der Waals surface area contributed by atoms with Crippen LogP contribution in [0.3, 0.4) is 0 Å². The van der Waals surface area contributed by atoms with E-state index in [2.05, 4.69) is 0 Å². The van der Waals surface area contributed by atoms with Gasteiger partial charge in [0.05, 0.1) is 0 Å². The summed E-state index contributed by atoms with van der Waals surface area (Å²) >= 11 is 0. The summed E-state index contributed by atoms with van der Waals surface area (Å²) in [4.78, 5) is 0. The monoisotopic (exact) mass is 199 g/mol. The molecule has 78 valence electrons. The first kappa shape index (κ1) is 10.9. The van der Waals surface area contributed by atoms with Crippen molar-refractivity contribution in [1.29, 1.82) is 0 Å². The van der Waals surface area contributed by atoms with Gasteiger partial charge < -0.3 is 15.9 Å². The second kappa shape index (κ2) is 4.93. The summed E-state index contributed by atoms with van der Waals surface area (Å²) in [6, 6.07) is 3.99. The topological polar surface area (TPSA) is 66.5 Å². The Hall–Kier alpha value is -1.13. The van der Waals surface area contributed by atoms with E-state index in [1.807, 2.05) is 0 Å². The number of aliphatic hydroxyl groups excluding tert-OH is 1. The van der Waals surface area contributed by atoms with Crippen LogP contribution < -0.4 is 5.73 Å². The van der Waals surface area contributed by atoms with Gasteiger partial charge in [-0.1, -0.05) is 6.07 Å². The van der Waals surface area contributed by atoms with Crippen LogP contribution in [-0.2, 0) is 6.67 Å². The lowest BCUT2D eigenvalue weighted by Gasteiger charge is -2.12. The van der Waals surface area contributed by atoms with Gasteiger partial charge in [0, 0.05) is 18.2 Å². The van der Waals surface area contributed by atoms with Crippen LogP contribution >= 0.6 is 0 Å². The van der Waals surface area contributed by atoms with E-state index in [1.165, 1.54) is 18.2 Å². The lowest BCUT2D eigenvalue weighted by molar-refractivity contribution is 0.275. The summed E-state index contributed by atoms with van der Waals surface area (Å²) in [6.07, 6.45) is 0.350. The van der Waals surface area contributed by atoms with Gasteiger partial charge in [-0.2, -0.15) is 0 Å². The van der Waals surface area contributed by atoms with Crippen LogP contribution in [-0.4, -0.2) is 16.8 Å². The fraction of sp³-hybridized carbons (Fsp3) is 0.400. The molecule has 0 aliphatic carbocycles. The maximum Gasteiger partial charge on any atom is 0.120 e. The van der Waals surface area contributed by atoms with Gasteiger partial charge in [0.2, 0.25) is 0 Å². The molecule has 0 aliphatic rings. The lowest BCUT2D eigenvalue weighted by atomic mass is 10.0. The van der Waals surface area contributed by atoms with Gasteiger partial charge in [0.1, 0.15) is 12.4 Å². The van der Waals surface area contributed by atoms with Crippen molar-refractivity contribution in [2.24, 2.45) is 5.73 Å². The van der Waals surface area contributed by atoms with E-state index in [9.17, 15) is 9.50 Å². The quantitative estimate of drug-likeness (QED) is 0.683. The van der Waals surface area contributed by atoms with Crippen LogP contribution in [0.25, 0.3) is 0 Å². The summed E-state index contributed by atoms with van der Waals surface area (Å²) in [5, 5.41) is 18.1. The van der Waals surface area contributed by atoms with Crippen molar-refractivity contribution in [3.05, 3.63) is 29.3 Å². The smallest absolute Gasteiger partial charge is 0.120 e. The van der Waals surface area contributed by atoms with Crippen molar-refractivity contribution in [2.45, 2.75) is 19.1 Å². The maximum absolute atomic E-state index is 12.3. The molecule has 1 rings (SSSR count). The molecule has 0 bridgehead atoms. The fourth-order valence-electron chi connectivity index (χ4n) is 1.28. The van der Waals surface area contributed by atoms with E-state index in [4.69, 9.17) is 10.8 Å². The molecule has 0 aromatic heterocycles. The molecule has 0 saturated carbocycles. The van der Waals surface area contributed by atoms with E-state index in [-0.39, 0.29) is 12.4 Å². The number of halogens is 1. The van der Waals surface area contributed by atoms with Crippen molar-refractivity contribution in [3.63, 3.8) is 0 Å². The van der Waals surface area contributed by atoms with Crippen LogP contribution in [0.4, 0.5) is 4.39 Å². The molecule has 0 heterocycles. The third-order valence-electron chi connectivity index (χ3n) is 2.09. The zero-order valence-corrected chi connectivity index (χ0v) is 7.78. The molecule has 1 atom stereocenters. The van der Waals surface area contributed by atoms with E-state index >= 15 is 0 Å². The molecule has 1 aromatic rings. The van der Waals surface area contributed by atoms with Crippen LogP contribution in [0.2, 0.25) is 0 Å². The molecule has 1 unspecified atom stereocenters. The standard InChI is InChI=1S/C10H14FNO2/c11-6-7-1-2-10(14)8(5-7)9(12)3-4-13/h1-2,5,9,13-14H,3-4,6,12H2. The number of phenols is 1. The average Bonchev–Trinajstić information content (AvgIpc) is 2.19. The highest BCUT2D eigenvalue weighted by molar-refractivity contribution is 5.38. The van der Waals surface area contributed by atoms with Crippen molar-refractivity contribution in [3.8, 4) is 5.75 Å². The lowest BCUT2D eigenvalue weighted by Crippen LogP contribution is -2.12. The molecular weight excluding hydrogens is 185 g/mol. The highest BCUT2D eigenvalue weighted by atomic mass is 19.1. The highest BCUT2D eigenvalue weighted by Gasteiger charge is 2.10. The number of rotatable bonds is 4. The van der Waals surface area contributed by atoms with E-state index in [0.717, 1.165) is 0 Å². The van der Waals surface area contributed by atoms with Gasteiger partial charge in [-0.15, -0.1) is 0 Å². The number of aromatic hydroxyl groups is 1. The van der Waals surface area contributed by atoms with Crippen LogP contribution in [0.1, 0.15) is 23.6 Å². The second-order valence-electron chi connectivity index (χ2n) is 3.15. The molecule has 0 saturated heterocycles. The molecule has 4 heteroatoms. The van der Waals surface area contributed by atoms with Gasteiger partial charge in [-0.05, 0) is 24.1 Å². The van der Waals surface area contributed by atoms with Gasteiger partial charge in [-0.25, -0.2) is 4.39 Å². The first-order chi connectivity index (χ1) is 6.69. The molecule has 14 heavy (non-hydrogen) atoms. The number of hydrogen-bond acceptors (Lipinski definition) is 3. The Bertz CT molecular complexity index is 304.